The zero-order chi connectivity index (χ0) is 13.5. The molecule has 0 bridgehead atoms. The van der Waals surface area contributed by atoms with Crippen molar-refractivity contribution < 1.29 is 4.39 Å². The lowest BCUT2D eigenvalue weighted by molar-refractivity contribution is 0.315. The van der Waals surface area contributed by atoms with Crippen LogP contribution in [-0.2, 0) is 0 Å². The Kier molecular flexibility index (Phi) is 5.84. The molecule has 0 heterocycles. The lowest BCUT2D eigenvalue weighted by Gasteiger charge is -2.25. The minimum atomic E-state index is -0.147. The molecule has 1 aliphatic carbocycles. The van der Waals surface area contributed by atoms with Gasteiger partial charge in [-0.15, -0.1) is 0 Å². The van der Waals surface area contributed by atoms with Crippen LogP contribution in [0.15, 0.2) is 24.3 Å². The monoisotopic (exact) mass is 263 g/mol. The topological polar surface area (TPSA) is 12.0 Å². The molecule has 2 heteroatoms. The van der Waals surface area contributed by atoms with Gasteiger partial charge in [0.15, 0.2) is 0 Å². The molecule has 19 heavy (non-hydrogen) atoms. The third kappa shape index (κ3) is 4.61. The second-order valence-electron chi connectivity index (χ2n) is 5.74. The summed E-state index contributed by atoms with van der Waals surface area (Å²) in [6, 6.07) is 7.36. The van der Waals surface area contributed by atoms with Crippen LogP contribution in [0.25, 0.3) is 0 Å². The number of halogens is 1. The second kappa shape index (κ2) is 7.64. The quantitative estimate of drug-likeness (QED) is 0.774. The molecule has 0 amide bonds. The molecule has 106 valence electrons. The summed E-state index contributed by atoms with van der Waals surface area (Å²) in [5.74, 6) is 0.765. The number of benzene rings is 1. The van der Waals surface area contributed by atoms with Crippen molar-refractivity contribution in [3.63, 3.8) is 0 Å². The van der Waals surface area contributed by atoms with Crippen molar-refractivity contribution in [2.24, 2.45) is 5.92 Å². The molecule has 0 aliphatic heterocycles. The molecular weight excluding hydrogens is 237 g/mol. The lowest BCUT2D eigenvalue weighted by atomic mass is 9.84. The summed E-state index contributed by atoms with van der Waals surface area (Å²) in [5, 5.41) is 3.54. The Bertz CT molecular complexity index is 354. The number of hydrogen-bond donors (Lipinski definition) is 1. The zero-order valence-corrected chi connectivity index (χ0v) is 12.0. The summed E-state index contributed by atoms with van der Waals surface area (Å²) in [6.45, 7) is 3.10. The zero-order valence-electron chi connectivity index (χ0n) is 12.0. The molecule has 1 aromatic carbocycles. The maximum Gasteiger partial charge on any atom is 0.123 e. The van der Waals surface area contributed by atoms with E-state index in [9.17, 15) is 4.39 Å². The second-order valence-corrected chi connectivity index (χ2v) is 5.74. The van der Waals surface area contributed by atoms with Crippen molar-refractivity contribution in [2.45, 2.75) is 57.9 Å². The fourth-order valence-corrected chi connectivity index (χ4v) is 3.21. The van der Waals surface area contributed by atoms with Gasteiger partial charge < -0.3 is 5.32 Å². The van der Waals surface area contributed by atoms with Crippen LogP contribution in [0.1, 0.15) is 63.5 Å². The van der Waals surface area contributed by atoms with Crippen LogP contribution < -0.4 is 5.32 Å². The van der Waals surface area contributed by atoms with Crippen molar-refractivity contribution in [3.05, 3.63) is 35.6 Å². The molecule has 1 saturated carbocycles. The molecule has 1 aromatic rings. The number of hydrogen-bond acceptors (Lipinski definition) is 1. The van der Waals surface area contributed by atoms with Gasteiger partial charge in [-0.3, -0.25) is 0 Å². The van der Waals surface area contributed by atoms with Gasteiger partial charge in [0, 0.05) is 6.04 Å². The summed E-state index contributed by atoms with van der Waals surface area (Å²) in [5.41, 5.74) is 1.22. The first kappa shape index (κ1) is 14.5. The standard InChI is InChI=1S/C17H26FN/c1-2-19-17(15-9-11-16(18)12-10-15)13-8-14-6-4-3-5-7-14/h9-12,14,17,19H,2-8,13H2,1H3. The maximum atomic E-state index is 13.0. The molecule has 1 atom stereocenters. The first-order chi connectivity index (χ1) is 9.29. The minimum absolute atomic E-state index is 0.147. The molecule has 0 radical (unpaired) electrons. The van der Waals surface area contributed by atoms with E-state index in [-0.39, 0.29) is 5.82 Å². The molecule has 1 fully saturated rings. The van der Waals surface area contributed by atoms with E-state index in [1.807, 2.05) is 12.1 Å². The van der Waals surface area contributed by atoms with Gasteiger partial charge in [0.05, 0.1) is 0 Å². The SMILES string of the molecule is CCNC(CCC1CCCCC1)c1ccc(F)cc1. The summed E-state index contributed by atoms with van der Waals surface area (Å²) in [7, 11) is 0. The highest BCUT2D eigenvalue weighted by Crippen LogP contribution is 2.30. The van der Waals surface area contributed by atoms with Crippen molar-refractivity contribution >= 4 is 0 Å². The fourth-order valence-electron chi connectivity index (χ4n) is 3.21. The van der Waals surface area contributed by atoms with Crippen LogP contribution in [0.5, 0.6) is 0 Å². The Morgan fingerprint density at radius 1 is 1.16 bits per heavy atom. The molecule has 0 saturated heterocycles. The Morgan fingerprint density at radius 3 is 2.47 bits per heavy atom. The highest BCUT2D eigenvalue weighted by atomic mass is 19.1. The predicted molar refractivity (Wildman–Crippen MR) is 78.6 cm³/mol. The highest BCUT2D eigenvalue weighted by molar-refractivity contribution is 5.19. The van der Waals surface area contributed by atoms with Crippen molar-refractivity contribution in [1.29, 1.82) is 0 Å². The fraction of sp³-hybridized carbons (Fsp3) is 0.647. The number of nitrogens with one attached hydrogen (secondary N) is 1. The van der Waals surface area contributed by atoms with E-state index < -0.39 is 0 Å². The van der Waals surface area contributed by atoms with Gasteiger partial charge in [-0.05, 0) is 43.0 Å². The van der Waals surface area contributed by atoms with E-state index in [1.165, 1.54) is 50.5 Å². The van der Waals surface area contributed by atoms with Crippen LogP contribution >= 0.6 is 0 Å². The van der Waals surface area contributed by atoms with E-state index in [1.54, 1.807) is 12.1 Å². The van der Waals surface area contributed by atoms with E-state index in [0.29, 0.717) is 6.04 Å². The Morgan fingerprint density at radius 2 is 1.84 bits per heavy atom. The molecule has 2 rings (SSSR count). The third-order valence-electron chi connectivity index (χ3n) is 4.31. The average Bonchev–Trinajstić information content (AvgIpc) is 2.46. The van der Waals surface area contributed by atoms with Crippen LogP contribution in [0.4, 0.5) is 4.39 Å². The largest absolute Gasteiger partial charge is 0.310 e. The van der Waals surface area contributed by atoms with Crippen LogP contribution in [-0.4, -0.2) is 6.54 Å². The number of rotatable bonds is 6. The summed E-state index contributed by atoms with van der Waals surface area (Å²) < 4.78 is 13.0. The highest BCUT2D eigenvalue weighted by Gasteiger charge is 2.16. The summed E-state index contributed by atoms with van der Waals surface area (Å²) in [6.07, 6.45) is 9.52. The summed E-state index contributed by atoms with van der Waals surface area (Å²) in [4.78, 5) is 0. The van der Waals surface area contributed by atoms with Crippen molar-refractivity contribution in [3.8, 4) is 0 Å². The molecule has 1 nitrogen and oxygen atoms in total. The summed E-state index contributed by atoms with van der Waals surface area (Å²) >= 11 is 0. The average molecular weight is 263 g/mol. The van der Waals surface area contributed by atoms with Gasteiger partial charge in [-0.2, -0.15) is 0 Å². The van der Waals surface area contributed by atoms with Crippen molar-refractivity contribution in [1.82, 2.24) is 5.32 Å². The lowest BCUT2D eigenvalue weighted by Crippen LogP contribution is -2.22. The normalized spacial score (nSPS) is 18.4. The molecule has 1 unspecified atom stereocenters. The van der Waals surface area contributed by atoms with Crippen LogP contribution in [0.2, 0.25) is 0 Å². The molecule has 1 aliphatic rings. The van der Waals surface area contributed by atoms with Crippen LogP contribution in [0.3, 0.4) is 0 Å². The van der Waals surface area contributed by atoms with Gasteiger partial charge >= 0.3 is 0 Å². The van der Waals surface area contributed by atoms with E-state index in [4.69, 9.17) is 0 Å². The van der Waals surface area contributed by atoms with Crippen LogP contribution in [0, 0.1) is 11.7 Å². The Hall–Kier alpha value is -0.890. The maximum absolute atomic E-state index is 13.0. The Balaban J connectivity index is 1.89. The van der Waals surface area contributed by atoms with Gasteiger partial charge in [0.25, 0.3) is 0 Å². The van der Waals surface area contributed by atoms with E-state index in [0.717, 1.165) is 12.5 Å². The van der Waals surface area contributed by atoms with Gasteiger partial charge in [-0.1, -0.05) is 51.2 Å². The predicted octanol–water partition coefficient (Wildman–Crippen LogP) is 4.84. The van der Waals surface area contributed by atoms with E-state index in [2.05, 4.69) is 12.2 Å². The van der Waals surface area contributed by atoms with Gasteiger partial charge in [0.1, 0.15) is 5.82 Å². The molecule has 0 aromatic heterocycles. The molecule has 1 N–H and O–H groups in total. The first-order valence-electron chi connectivity index (χ1n) is 7.78. The smallest absolute Gasteiger partial charge is 0.123 e. The van der Waals surface area contributed by atoms with Crippen molar-refractivity contribution in [2.75, 3.05) is 6.54 Å². The minimum Gasteiger partial charge on any atom is -0.310 e. The molecular formula is C17H26FN. The first-order valence-corrected chi connectivity index (χ1v) is 7.78. The Labute approximate surface area is 116 Å². The van der Waals surface area contributed by atoms with E-state index >= 15 is 0 Å². The van der Waals surface area contributed by atoms with Gasteiger partial charge in [0.2, 0.25) is 0 Å². The third-order valence-corrected chi connectivity index (χ3v) is 4.31. The van der Waals surface area contributed by atoms with Gasteiger partial charge in [-0.25, -0.2) is 4.39 Å². The molecule has 0 spiro atoms.